The zero-order chi connectivity index (χ0) is 22.6. The monoisotopic (exact) mass is 450 g/mol. The molecule has 6 rings (SSSR count). The third-order valence-corrected chi connectivity index (χ3v) is 6.44. The molecule has 4 unspecified atom stereocenters. The van der Waals surface area contributed by atoms with E-state index in [1.165, 1.54) is 12.8 Å². The van der Waals surface area contributed by atoms with Gasteiger partial charge in [-0.05, 0) is 39.5 Å². The number of hydrogen-bond acceptors (Lipinski definition) is 9. The van der Waals surface area contributed by atoms with Gasteiger partial charge in [-0.1, -0.05) is 23.9 Å². The molecular formula is C23H26N6O4. The van der Waals surface area contributed by atoms with Crippen LogP contribution in [0.3, 0.4) is 0 Å². The minimum absolute atomic E-state index is 0.361. The summed E-state index contributed by atoms with van der Waals surface area (Å²) < 4.78 is 25.6. The fourth-order valence-corrected chi connectivity index (χ4v) is 4.87. The summed E-state index contributed by atoms with van der Waals surface area (Å²) in [5.41, 5.74) is 2.86. The summed E-state index contributed by atoms with van der Waals surface area (Å²) in [6.45, 7) is 5.69. The van der Waals surface area contributed by atoms with Gasteiger partial charge in [-0.3, -0.25) is 4.57 Å². The predicted octanol–water partition coefficient (Wildman–Crippen LogP) is 2.95. The maximum absolute atomic E-state index is 6.35. The van der Waals surface area contributed by atoms with Crippen LogP contribution < -0.4 is 5.32 Å². The smallest absolute Gasteiger partial charge is 0.167 e. The molecule has 5 heterocycles. The molecule has 172 valence electrons. The van der Waals surface area contributed by atoms with E-state index in [-0.39, 0.29) is 12.2 Å². The second-order valence-electron chi connectivity index (χ2n) is 9.30. The van der Waals surface area contributed by atoms with E-state index >= 15 is 0 Å². The number of anilines is 1. The summed E-state index contributed by atoms with van der Waals surface area (Å²) in [4.78, 5) is 13.6. The molecular weight excluding hydrogens is 424 g/mol. The quantitative estimate of drug-likeness (QED) is 0.602. The molecule has 10 heteroatoms. The first-order valence-corrected chi connectivity index (χ1v) is 11.4. The minimum Gasteiger partial charge on any atom is -0.365 e. The average Bonchev–Trinajstić information content (AvgIpc) is 3.58. The van der Waals surface area contributed by atoms with Gasteiger partial charge in [0.1, 0.15) is 30.9 Å². The molecule has 0 amide bonds. The minimum atomic E-state index is -0.748. The molecule has 2 saturated heterocycles. The van der Waals surface area contributed by atoms with Crippen molar-refractivity contribution in [2.45, 2.75) is 82.8 Å². The van der Waals surface area contributed by atoms with Gasteiger partial charge in [0.15, 0.2) is 34.7 Å². The van der Waals surface area contributed by atoms with Crippen LogP contribution in [0.1, 0.15) is 57.0 Å². The van der Waals surface area contributed by atoms with E-state index in [1.807, 2.05) is 25.3 Å². The van der Waals surface area contributed by atoms with E-state index in [4.69, 9.17) is 18.7 Å². The lowest BCUT2D eigenvalue weighted by Gasteiger charge is -2.23. The molecule has 3 aromatic rings. The van der Waals surface area contributed by atoms with Crippen LogP contribution in [-0.4, -0.2) is 54.8 Å². The summed E-state index contributed by atoms with van der Waals surface area (Å²) in [6.07, 6.45) is 7.90. The van der Waals surface area contributed by atoms with Crippen molar-refractivity contribution in [2.24, 2.45) is 0 Å². The number of ether oxygens (including phenoxy) is 3. The first-order valence-electron chi connectivity index (χ1n) is 11.4. The average molecular weight is 450 g/mol. The largest absolute Gasteiger partial charge is 0.365 e. The van der Waals surface area contributed by atoms with Crippen molar-refractivity contribution in [1.82, 2.24) is 24.7 Å². The van der Waals surface area contributed by atoms with E-state index in [0.29, 0.717) is 17.4 Å². The lowest BCUT2D eigenvalue weighted by Crippen LogP contribution is -2.28. The van der Waals surface area contributed by atoms with Gasteiger partial charge < -0.3 is 24.1 Å². The topological polar surface area (TPSA) is 109 Å². The molecule has 0 bridgehead atoms. The Hall–Kier alpha value is -3.00. The highest BCUT2D eigenvalue weighted by atomic mass is 16.8. The Balaban J connectivity index is 1.33. The van der Waals surface area contributed by atoms with E-state index in [9.17, 15) is 0 Å². The molecule has 0 radical (unpaired) electrons. The van der Waals surface area contributed by atoms with Crippen molar-refractivity contribution >= 4 is 17.0 Å². The van der Waals surface area contributed by atoms with Crippen molar-refractivity contribution in [3.05, 3.63) is 30.2 Å². The van der Waals surface area contributed by atoms with Crippen LogP contribution >= 0.6 is 0 Å². The zero-order valence-corrected chi connectivity index (χ0v) is 18.8. The summed E-state index contributed by atoms with van der Waals surface area (Å²) in [5, 5.41) is 7.47. The van der Waals surface area contributed by atoms with Crippen LogP contribution in [-0.2, 0) is 14.2 Å². The van der Waals surface area contributed by atoms with Crippen molar-refractivity contribution in [3.63, 3.8) is 0 Å². The van der Waals surface area contributed by atoms with Gasteiger partial charge in [0, 0.05) is 11.6 Å². The molecule has 0 spiro atoms. The van der Waals surface area contributed by atoms with Crippen LogP contribution in [0.5, 0.6) is 0 Å². The number of imidazole rings is 1. The predicted molar refractivity (Wildman–Crippen MR) is 117 cm³/mol. The highest BCUT2D eigenvalue weighted by Gasteiger charge is 2.56. The SMILES string of the molecule is Cc1conc1C#CC1OC(n2cnc3c(NC4CCCC4)ncnc32)C2OC(C)(C)OC12. The molecule has 4 atom stereocenters. The van der Waals surface area contributed by atoms with Crippen LogP contribution in [0.25, 0.3) is 11.2 Å². The number of fused-ring (bicyclic) bond motifs is 2. The maximum atomic E-state index is 6.35. The zero-order valence-electron chi connectivity index (χ0n) is 18.8. The normalized spacial score (nSPS) is 28.7. The van der Waals surface area contributed by atoms with E-state index < -0.39 is 18.1 Å². The summed E-state index contributed by atoms with van der Waals surface area (Å²) in [5.74, 6) is 6.21. The Morgan fingerprint density at radius 1 is 1.12 bits per heavy atom. The molecule has 3 aromatic heterocycles. The Bertz CT molecular complexity index is 1230. The third-order valence-electron chi connectivity index (χ3n) is 6.44. The summed E-state index contributed by atoms with van der Waals surface area (Å²) >= 11 is 0. The number of aryl methyl sites for hydroxylation is 1. The Morgan fingerprint density at radius 3 is 2.73 bits per heavy atom. The van der Waals surface area contributed by atoms with Gasteiger partial charge in [0.25, 0.3) is 0 Å². The Labute approximate surface area is 191 Å². The first-order chi connectivity index (χ1) is 16.0. The van der Waals surface area contributed by atoms with Crippen molar-refractivity contribution in [2.75, 3.05) is 5.32 Å². The Morgan fingerprint density at radius 2 is 1.94 bits per heavy atom. The van der Waals surface area contributed by atoms with Crippen LogP contribution in [0, 0.1) is 18.8 Å². The lowest BCUT2D eigenvalue weighted by molar-refractivity contribution is -0.190. The first kappa shape index (κ1) is 20.6. The standard InChI is InChI=1S/C23H26N6O4/c1-13-10-30-28-15(13)8-9-16-18-19(33-23(2,3)32-18)22(31-16)29-12-26-17-20(24-11-25-21(17)29)27-14-6-4-5-7-14/h10-12,14,16,18-19,22H,4-7H2,1-3H3,(H,24,25,27). The van der Waals surface area contributed by atoms with Gasteiger partial charge in [-0.2, -0.15) is 0 Å². The Kier molecular flexibility index (Phi) is 4.87. The van der Waals surface area contributed by atoms with Crippen LogP contribution in [0.4, 0.5) is 5.82 Å². The van der Waals surface area contributed by atoms with Gasteiger partial charge in [0.05, 0.1) is 6.33 Å². The molecule has 1 aliphatic carbocycles. The summed E-state index contributed by atoms with van der Waals surface area (Å²) in [7, 11) is 0. The number of hydrogen-bond donors (Lipinski definition) is 1. The van der Waals surface area contributed by atoms with Gasteiger partial charge in [0.2, 0.25) is 0 Å². The van der Waals surface area contributed by atoms with E-state index in [0.717, 1.165) is 29.7 Å². The number of aromatic nitrogens is 5. The van der Waals surface area contributed by atoms with Gasteiger partial charge >= 0.3 is 0 Å². The van der Waals surface area contributed by atoms with E-state index in [1.54, 1.807) is 18.9 Å². The third kappa shape index (κ3) is 3.66. The van der Waals surface area contributed by atoms with Gasteiger partial charge in [-0.15, -0.1) is 0 Å². The molecule has 1 N–H and O–H groups in total. The van der Waals surface area contributed by atoms with Crippen molar-refractivity contribution in [1.29, 1.82) is 0 Å². The number of nitrogens with one attached hydrogen (secondary N) is 1. The van der Waals surface area contributed by atoms with Crippen molar-refractivity contribution < 1.29 is 18.7 Å². The highest BCUT2D eigenvalue weighted by molar-refractivity contribution is 5.82. The van der Waals surface area contributed by atoms with Crippen molar-refractivity contribution in [3.8, 4) is 11.8 Å². The van der Waals surface area contributed by atoms with Gasteiger partial charge in [-0.25, -0.2) is 15.0 Å². The van der Waals surface area contributed by atoms with E-state index in [2.05, 4.69) is 37.3 Å². The molecule has 1 saturated carbocycles. The maximum Gasteiger partial charge on any atom is 0.167 e. The fraction of sp³-hybridized carbons (Fsp3) is 0.565. The number of rotatable bonds is 3. The molecule has 33 heavy (non-hydrogen) atoms. The molecule has 3 fully saturated rings. The molecule has 2 aliphatic heterocycles. The summed E-state index contributed by atoms with van der Waals surface area (Å²) in [6, 6.07) is 0.423. The van der Waals surface area contributed by atoms with Crippen LogP contribution in [0.2, 0.25) is 0 Å². The molecule has 3 aliphatic rings. The lowest BCUT2D eigenvalue weighted by atomic mass is 10.1. The highest BCUT2D eigenvalue weighted by Crippen LogP contribution is 2.43. The fourth-order valence-electron chi connectivity index (χ4n) is 4.87. The number of nitrogens with zero attached hydrogens (tertiary/aromatic N) is 5. The molecule has 10 nitrogen and oxygen atoms in total. The molecule has 0 aromatic carbocycles. The van der Waals surface area contributed by atoms with Crippen LogP contribution in [0.15, 0.2) is 23.4 Å². The second-order valence-corrected chi connectivity index (χ2v) is 9.30. The second kappa shape index (κ2) is 7.80.